The van der Waals surface area contributed by atoms with Gasteiger partial charge in [0.05, 0.1) is 18.7 Å². The highest BCUT2D eigenvalue weighted by Gasteiger charge is 2.31. The minimum absolute atomic E-state index is 0.131. The molecule has 0 bridgehead atoms. The molecule has 0 unspecified atom stereocenters. The molecule has 0 spiro atoms. The Kier molecular flexibility index (Phi) is 7.07. The van der Waals surface area contributed by atoms with Crippen LogP contribution in [0.3, 0.4) is 0 Å². The highest BCUT2D eigenvalue weighted by Crippen LogP contribution is 2.30. The smallest absolute Gasteiger partial charge is 0.219 e. The molecule has 0 aromatic heterocycles. The standard InChI is InChI=1S/C28H29N3O2/c1-20(32)31-15-14-27(26(19-31)23-6-4-3-5-7-23)30-18-25-16-24(12-13-28(25)33-2)22-10-8-21(17-29)9-11-22/h3-13,16,26-27,30H,14-15,18-19H2,1-2H3/t26-,27-/m0/s1. The zero-order valence-corrected chi connectivity index (χ0v) is 19.1. The second kappa shape index (κ2) is 10.3. The average molecular weight is 440 g/mol. The van der Waals surface area contributed by atoms with Crippen molar-refractivity contribution in [1.29, 1.82) is 5.26 Å². The Morgan fingerprint density at radius 1 is 1.09 bits per heavy atom. The lowest BCUT2D eigenvalue weighted by molar-refractivity contribution is -0.130. The van der Waals surface area contributed by atoms with Gasteiger partial charge in [0.2, 0.25) is 5.91 Å². The van der Waals surface area contributed by atoms with E-state index >= 15 is 0 Å². The predicted octanol–water partition coefficient (Wildman–Crippen LogP) is 4.73. The summed E-state index contributed by atoms with van der Waals surface area (Å²) in [6, 6.07) is 26.7. The highest BCUT2D eigenvalue weighted by molar-refractivity contribution is 5.73. The van der Waals surface area contributed by atoms with Crippen LogP contribution in [0.5, 0.6) is 5.75 Å². The Morgan fingerprint density at radius 2 is 1.82 bits per heavy atom. The molecule has 4 rings (SSSR count). The van der Waals surface area contributed by atoms with Gasteiger partial charge < -0.3 is 15.0 Å². The lowest BCUT2D eigenvalue weighted by Crippen LogP contribution is -2.49. The Hall–Kier alpha value is -3.62. The van der Waals surface area contributed by atoms with Crippen molar-refractivity contribution in [2.24, 2.45) is 0 Å². The van der Waals surface area contributed by atoms with Crippen molar-refractivity contribution < 1.29 is 9.53 Å². The number of piperidine rings is 1. The van der Waals surface area contributed by atoms with Crippen LogP contribution in [0, 0.1) is 11.3 Å². The van der Waals surface area contributed by atoms with Crippen LogP contribution >= 0.6 is 0 Å². The maximum absolute atomic E-state index is 12.0. The van der Waals surface area contributed by atoms with Crippen molar-refractivity contribution in [2.75, 3.05) is 20.2 Å². The summed E-state index contributed by atoms with van der Waals surface area (Å²) in [5, 5.41) is 12.8. The second-order valence-electron chi connectivity index (χ2n) is 8.47. The summed E-state index contributed by atoms with van der Waals surface area (Å²) < 4.78 is 5.64. The number of hydrogen-bond donors (Lipinski definition) is 1. The van der Waals surface area contributed by atoms with Crippen LogP contribution in [0.2, 0.25) is 0 Å². The monoisotopic (exact) mass is 439 g/mol. The number of amides is 1. The molecule has 1 saturated heterocycles. The fourth-order valence-corrected chi connectivity index (χ4v) is 4.59. The molecule has 1 fully saturated rings. The summed E-state index contributed by atoms with van der Waals surface area (Å²) >= 11 is 0. The SMILES string of the molecule is COc1ccc(-c2ccc(C#N)cc2)cc1CN[C@H]1CCN(C(C)=O)C[C@H]1c1ccccc1. The van der Waals surface area contributed by atoms with Gasteiger partial charge in [0.25, 0.3) is 0 Å². The predicted molar refractivity (Wildman–Crippen MR) is 130 cm³/mol. The molecule has 0 radical (unpaired) electrons. The Morgan fingerprint density at radius 3 is 2.48 bits per heavy atom. The van der Waals surface area contributed by atoms with Crippen LogP contribution in [0.4, 0.5) is 0 Å². The maximum Gasteiger partial charge on any atom is 0.219 e. The topological polar surface area (TPSA) is 65.4 Å². The fourth-order valence-electron chi connectivity index (χ4n) is 4.59. The van der Waals surface area contributed by atoms with Crippen molar-refractivity contribution in [3.8, 4) is 22.9 Å². The number of nitrogens with zero attached hydrogens (tertiary/aromatic N) is 2. The molecular weight excluding hydrogens is 410 g/mol. The summed E-state index contributed by atoms with van der Waals surface area (Å²) in [5.74, 6) is 1.21. The minimum atomic E-state index is 0.131. The number of likely N-dealkylation sites (tertiary alicyclic amines) is 1. The van der Waals surface area contributed by atoms with E-state index in [2.05, 4.69) is 41.7 Å². The molecule has 0 aliphatic carbocycles. The number of carbonyl (C=O) groups is 1. The van der Waals surface area contributed by atoms with Crippen LogP contribution < -0.4 is 10.1 Å². The Labute approximate surface area is 195 Å². The van der Waals surface area contributed by atoms with E-state index in [1.54, 1.807) is 14.0 Å². The number of methoxy groups -OCH3 is 1. The van der Waals surface area contributed by atoms with E-state index in [1.165, 1.54) is 5.56 Å². The first-order valence-electron chi connectivity index (χ1n) is 11.3. The van der Waals surface area contributed by atoms with Crippen molar-refractivity contribution in [3.63, 3.8) is 0 Å². The van der Waals surface area contributed by atoms with E-state index in [4.69, 9.17) is 10.00 Å². The lowest BCUT2D eigenvalue weighted by Gasteiger charge is -2.39. The van der Waals surface area contributed by atoms with Gasteiger partial charge in [-0.05, 0) is 47.4 Å². The molecular formula is C28H29N3O2. The molecule has 1 heterocycles. The van der Waals surface area contributed by atoms with E-state index in [1.807, 2.05) is 47.4 Å². The van der Waals surface area contributed by atoms with Crippen molar-refractivity contribution in [3.05, 3.63) is 89.5 Å². The third-order valence-corrected chi connectivity index (χ3v) is 6.47. The molecule has 3 aromatic carbocycles. The first kappa shape index (κ1) is 22.6. The number of nitriles is 1. The molecule has 33 heavy (non-hydrogen) atoms. The van der Waals surface area contributed by atoms with Crippen molar-refractivity contribution in [2.45, 2.75) is 31.8 Å². The van der Waals surface area contributed by atoms with Gasteiger partial charge in [-0.3, -0.25) is 4.79 Å². The van der Waals surface area contributed by atoms with Gasteiger partial charge in [-0.25, -0.2) is 0 Å². The van der Waals surface area contributed by atoms with Gasteiger partial charge in [-0.15, -0.1) is 0 Å². The lowest BCUT2D eigenvalue weighted by atomic mass is 9.85. The summed E-state index contributed by atoms with van der Waals surface area (Å²) in [6.07, 6.45) is 0.900. The van der Waals surface area contributed by atoms with Crippen LogP contribution in [-0.2, 0) is 11.3 Å². The summed E-state index contributed by atoms with van der Waals surface area (Å²) in [5.41, 5.74) is 5.13. The van der Waals surface area contributed by atoms with Crippen molar-refractivity contribution in [1.82, 2.24) is 10.2 Å². The summed E-state index contributed by atoms with van der Waals surface area (Å²) in [6.45, 7) is 3.80. The molecule has 1 amide bonds. The molecule has 1 aliphatic heterocycles. The van der Waals surface area contributed by atoms with Gasteiger partial charge in [0.1, 0.15) is 5.75 Å². The minimum Gasteiger partial charge on any atom is -0.496 e. The van der Waals surface area contributed by atoms with E-state index in [-0.39, 0.29) is 17.9 Å². The largest absolute Gasteiger partial charge is 0.496 e. The van der Waals surface area contributed by atoms with Crippen LogP contribution in [0.1, 0.15) is 36.0 Å². The molecule has 1 aliphatic rings. The summed E-state index contributed by atoms with van der Waals surface area (Å²) in [7, 11) is 1.69. The number of benzene rings is 3. The molecule has 1 N–H and O–H groups in total. The highest BCUT2D eigenvalue weighted by atomic mass is 16.5. The second-order valence-corrected chi connectivity index (χ2v) is 8.47. The fraction of sp³-hybridized carbons (Fsp3) is 0.286. The Bertz CT molecular complexity index is 1140. The maximum atomic E-state index is 12.0. The van der Waals surface area contributed by atoms with Gasteiger partial charge in [0, 0.05) is 44.1 Å². The Balaban J connectivity index is 1.55. The normalized spacial score (nSPS) is 17.9. The first-order valence-corrected chi connectivity index (χ1v) is 11.3. The van der Waals surface area contributed by atoms with Crippen LogP contribution in [0.25, 0.3) is 11.1 Å². The van der Waals surface area contributed by atoms with Crippen LogP contribution in [0.15, 0.2) is 72.8 Å². The first-order chi connectivity index (χ1) is 16.1. The van der Waals surface area contributed by atoms with Gasteiger partial charge in [0.15, 0.2) is 0 Å². The van der Waals surface area contributed by atoms with Gasteiger partial charge in [-0.2, -0.15) is 5.26 Å². The molecule has 168 valence electrons. The zero-order chi connectivity index (χ0) is 23.2. The third-order valence-electron chi connectivity index (χ3n) is 6.47. The quantitative estimate of drug-likeness (QED) is 0.603. The number of ether oxygens (including phenoxy) is 1. The number of hydrogen-bond acceptors (Lipinski definition) is 4. The van der Waals surface area contributed by atoms with E-state index < -0.39 is 0 Å². The zero-order valence-electron chi connectivity index (χ0n) is 19.1. The third kappa shape index (κ3) is 5.24. The average Bonchev–Trinajstić information content (AvgIpc) is 2.87. The van der Waals surface area contributed by atoms with Gasteiger partial charge >= 0.3 is 0 Å². The number of nitrogens with one attached hydrogen (secondary N) is 1. The van der Waals surface area contributed by atoms with Crippen molar-refractivity contribution >= 4 is 5.91 Å². The summed E-state index contributed by atoms with van der Waals surface area (Å²) in [4.78, 5) is 14.0. The molecule has 5 nitrogen and oxygen atoms in total. The van der Waals surface area contributed by atoms with E-state index in [0.717, 1.165) is 42.0 Å². The molecule has 0 saturated carbocycles. The van der Waals surface area contributed by atoms with E-state index in [9.17, 15) is 4.79 Å². The molecule has 2 atom stereocenters. The molecule has 5 heteroatoms. The van der Waals surface area contributed by atoms with Crippen LogP contribution in [-0.4, -0.2) is 37.0 Å². The number of rotatable bonds is 6. The molecule has 3 aromatic rings. The van der Waals surface area contributed by atoms with E-state index in [0.29, 0.717) is 12.1 Å². The van der Waals surface area contributed by atoms with Gasteiger partial charge in [-0.1, -0.05) is 48.5 Å². The number of carbonyl (C=O) groups excluding carboxylic acids is 1.